The highest BCUT2D eigenvalue weighted by Gasteiger charge is 2.18. The number of hydrogen-bond donors (Lipinski definition) is 0. The summed E-state index contributed by atoms with van der Waals surface area (Å²) >= 11 is 0. The molecule has 1 aliphatic heterocycles. The summed E-state index contributed by atoms with van der Waals surface area (Å²) in [4.78, 5) is 5.21. The predicted octanol–water partition coefficient (Wildman–Crippen LogP) is 4.01. The molecule has 1 aliphatic rings. The van der Waals surface area contributed by atoms with Crippen molar-refractivity contribution in [3.8, 4) is 0 Å². The lowest BCUT2D eigenvalue weighted by Gasteiger charge is -2.32. The normalized spacial score (nSPS) is 18.3. The summed E-state index contributed by atoms with van der Waals surface area (Å²) in [5.74, 6) is 0.992. The molecule has 114 valence electrons. The van der Waals surface area contributed by atoms with Gasteiger partial charge in [0.2, 0.25) is 0 Å². The Hall–Kier alpha value is -0.0800. The molecule has 0 N–H and O–H groups in total. The quantitative estimate of drug-likeness (QED) is 0.552. The molecule has 0 bridgehead atoms. The van der Waals surface area contributed by atoms with Crippen LogP contribution in [0.15, 0.2) is 0 Å². The largest absolute Gasteiger partial charge is 0.306 e. The van der Waals surface area contributed by atoms with Crippen LogP contribution in [0.2, 0.25) is 0 Å². The lowest BCUT2D eigenvalue weighted by molar-refractivity contribution is 0.166. The van der Waals surface area contributed by atoms with Gasteiger partial charge in [0.25, 0.3) is 0 Å². The molecule has 0 aromatic heterocycles. The predicted molar refractivity (Wildman–Crippen MR) is 85.7 cm³/mol. The maximum Gasteiger partial charge on any atom is -0.00161 e. The number of rotatable bonds is 10. The lowest BCUT2D eigenvalue weighted by Crippen LogP contribution is -2.35. The van der Waals surface area contributed by atoms with E-state index in [0.717, 1.165) is 5.92 Å². The van der Waals surface area contributed by atoms with E-state index >= 15 is 0 Å². The van der Waals surface area contributed by atoms with Crippen LogP contribution < -0.4 is 0 Å². The van der Waals surface area contributed by atoms with Gasteiger partial charge >= 0.3 is 0 Å². The molecule has 0 aliphatic carbocycles. The van der Waals surface area contributed by atoms with E-state index in [1.54, 1.807) is 0 Å². The van der Waals surface area contributed by atoms with Crippen molar-refractivity contribution in [3.05, 3.63) is 0 Å². The molecular formula is C17H36N2. The van der Waals surface area contributed by atoms with Crippen LogP contribution in [0.5, 0.6) is 0 Å². The van der Waals surface area contributed by atoms with Crippen LogP contribution in [0.25, 0.3) is 0 Å². The van der Waals surface area contributed by atoms with E-state index in [1.807, 2.05) is 0 Å². The van der Waals surface area contributed by atoms with Crippen LogP contribution in [0.1, 0.15) is 65.2 Å². The van der Waals surface area contributed by atoms with E-state index in [0.29, 0.717) is 0 Å². The average Bonchev–Trinajstić information content (AvgIpc) is 2.44. The van der Waals surface area contributed by atoms with Crippen LogP contribution in [-0.4, -0.2) is 49.6 Å². The van der Waals surface area contributed by atoms with Crippen molar-refractivity contribution in [2.45, 2.75) is 65.2 Å². The second kappa shape index (κ2) is 10.7. The van der Waals surface area contributed by atoms with Crippen LogP contribution >= 0.6 is 0 Å². The van der Waals surface area contributed by atoms with Crippen LogP contribution in [0, 0.1) is 5.92 Å². The Balaban J connectivity index is 2.03. The zero-order valence-electron chi connectivity index (χ0n) is 13.7. The summed E-state index contributed by atoms with van der Waals surface area (Å²) in [6.45, 7) is 11.2. The molecule has 0 radical (unpaired) electrons. The molecule has 0 aromatic rings. The number of nitrogens with zero attached hydrogens (tertiary/aromatic N) is 2. The standard InChI is InChI=1S/C17H36N2/c1-4-6-8-13-19-15-10-17(11-16-19)9-14-18(3)12-7-5-2/h17H,4-16H2,1-3H3. The Bertz CT molecular complexity index is 197. The lowest BCUT2D eigenvalue weighted by atomic mass is 9.93. The number of hydrogen-bond acceptors (Lipinski definition) is 2. The van der Waals surface area contributed by atoms with E-state index in [1.165, 1.54) is 84.1 Å². The fourth-order valence-corrected chi connectivity index (χ4v) is 3.03. The Morgan fingerprint density at radius 1 is 0.947 bits per heavy atom. The van der Waals surface area contributed by atoms with E-state index in [9.17, 15) is 0 Å². The summed E-state index contributed by atoms with van der Waals surface area (Å²) in [5, 5.41) is 0. The van der Waals surface area contributed by atoms with Crippen molar-refractivity contribution in [2.75, 3.05) is 39.8 Å². The summed E-state index contributed by atoms with van der Waals surface area (Å²) in [7, 11) is 2.29. The summed E-state index contributed by atoms with van der Waals surface area (Å²) in [5.41, 5.74) is 0. The van der Waals surface area contributed by atoms with E-state index in [4.69, 9.17) is 0 Å². The third kappa shape index (κ3) is 7.94. The van der Waals surface area contributed by atoms with Gasteiger partial charge in [0.15, 0.2) is 0 Å². The first-order chi connectivity index (χ1) is 9.26. The van der Waals surface area contributed by atoms with E-state index < -0.39 is 0 Å². The van der Waals surface area contributed by atoms with Crippen molar-refractivity contribution in [1.82, 2.24) is 9.80 Å². The molecule has 1 saturated heterocycles. The van der Waals surface area contributed by atoms with Gasteiger partial charge < -0.3 is 9.80 Å². The minimum atomic E-state index is 0.992. The fraction of sp³-hybridized carbons (Fsp3) is 1.00. The Labute approximate surface area is 121 Å². The van der Waals surface area contributed by atoms with Crippen molar-refractivity contribution in [3.63, 3.8) is 0 Å². The first kappa shape index (κ1) is 17.0. The van der Waals surface area contributed by atoms with E-state index in [2.05, 4.69) is 30.7 Å². The highest BCUT2D eigenvalue weighted by Crippen LogP contribution is 2.21. The molecule has 1 fully saturated rings. The van der Waals surface area contributed by atoms with Crippen LogP contribution in [-0.2, 0) is 0 Å². The van der Waals surface area contributed by atoms with Crippen molar-refractivity contribution in [1.29, 1.82) is 0 Å². The van der Waals surface area contributed by atoms with Gasteiger partial charge in [0.05, 0.1) is 0 Å². The third-order valence-corrected chi connectivity index (χ3v) is 4.60. The molecule has 0 spiro atoms. The second-order valence-corrected chi connectivity index (χ2v) is 6.44. The van der Waals surface area contributed by atoms with Crippen LogP contribution in [0.4, 0.5) is 0 Å². The van der Waals surface area contributed by atoms with Gasteiger partial charge in [-0.2, -0.15) is 0 Å². The van der Waals surface area contributed by atoms with Gasteiger partial charge in [-0.25, -0.2) is 0 Å². The average molecular weight is 268 g/mol. The van der Waals surface area contributed by atoms with Gasteiger partial charge in [-0.1, -0.05) is 33.1 Å². The second-order valence-electron chi connectivity index (χ2n) is 6.44. The van der Waals surface area contributed by atoms with Gasteiger partial charge in [-0.15, -0.1) is 0 Å². The Morgan fingerprint density at radius 2 is 1.63 bits per heavy atom. The zero-order chi connectivity index (χ0) is 13.9. The summed E-state index contributed by atoms with van der Waals surface area (Å²) in [6.07, 6.45) is 11.1. The maximum absolute atomic E-state index is 2.69. The fourth-order valence-electron chi connectivity index (χ4n) is 3.03. The topological polar surface area (TPSA) is 6.48 Å². The smallest absolute Gasteiger partial charge is 0.00161 e. The van der Waals surface area contributed by atoms with Crippen molar-refractivity contribution < 1.29 is 0 Å². The molecule has 1 heterocycles. The molecule has 1 rings (SSSR count). The highest BCUT2D eigenvalue weighted by molar-refractivity contribution is 4.73. The molecule has 0 atom stereocenters. The van der Waals surface area contributed by atoms with Gasteiger partial charge in [0, 0.05) is 0 Å². The number of likely N-dealkylation sites (tertiary alicyclic amines) is 1. The maximum atomic E-state index is 2.69. The minimum Gasteiger partial charge on any atom is -0.306 e. The molecule has 19 heavy (non-hydrogen) atoms. The zero-order valence-corrected chi connectivity index (χ0v) is 13.7. The highest BCUT2D eigenvalue weighted by atomic mass is 15.1. The first-order valence-electron chi connectivity index (χ1n) is 8.67. The van der Waals surface area contributed by atoms with Gasteiger partial charge in [-0.3, -0.25) is 0 Å². The van der Waals surface area contributed by atoms with Crippen LogP contribution in [0.3, 0.4) is 0 Å². The molecule has 0 aromatic carbocycles. The number of unbranched alkanes of at least 4 members (excludes halogenated alkanes) is 3. The molecule has 2 heteroatoms. The molecular weight excluding hydrogens is 232 g/mol. The Kier molecular flexibility index (Phi) is 9.54. The molecule has 0 amide bonds. The van der Waals surface area contributed by atoms with Crippen molar-refractivity contribution in [2.24, 2.45) is 5.92 Å². The van der Waals surface area contributed by atoms with Gasteiger partial charge in [0.1, 0.15) is 0 Å². The SMILES string of the molecule is CCCCCN1CCC(CCN(C)CCCC)CC1. The minimum absolute atomic E-state index is 0.992. The van der Waals surface area contributed by atoms with Crippen molar-refractivity contribution >= 4 is 0 Å². The van der Waals surface area contributed by atoms with E-state index in [-0.39, 0.29) is 0 Å². The molecule has 0 saturated carbocycles. The first-order valence-corrected chi connectivity index (χ1v) is 8.67. The molecule has 0 unspecified atom stereocenters. The summed E-state index contributed by atoms with van der Waals surface area (Å²) in [6, 6.07) is 0. The summed E-state index contributed by atoms with van der Waals surface area (Å²) < 4.78 is 0. The molecule has 2 nitrogen and oxygen atoms in total. The Morgan fingerprint density at radius 3 is 2.26 bits per heavy atom. The monoisotopic (exact) mass is 268 g/mol. The third-order valence-electron chi connectivity index (χ3n) is 4.60. The van der Waals surface area contributed by atoms with Gasteiger partial charge in [-0.05, 0) is 77.8 Å². The number of piperidine rings is 1.